The molecule has 3 aliphatic heterocycles. The zero-order valence-electron chi connectivity index (χ0n) is 23.6. The van der Waals surface area contributed by atoms with Crippen LogP contribution in [0.3, 0.4) is 0 Å². The van der Waals surface area contributed by atoms with Crippen LogP contribution in [-0.2, 0) is 9.53 Å². The summed E-state index contributed by atoms with van der Waals surface area (Å²) in [6.45, 7) is 7.62. The number of halogens is 4. The number of dihydropyridines is 1. The molecule has 0 aliphatic carbocycles. The number of piperazine rings is 1. The molecule has 0 spiro atoms. The number of aromatic nitrogens is 1. The Balaban J connectivity index is 1.51. The fraction of sp³-hybridized carbons (Fsp3) is 0.448. The number of hydrogen-bond acceptors (Lipinski definition) is 8. The molecule has 226 valence electrons. The second-order valence-electron chi connectivity index (χ2n) is 10.8. The van der Waals surface area contributed by atoms with Gasteiger partial charge >= 0.3 is 6.18 Å². The number of amides is 1. The van der Waals surface area contributed by atoms with E-state index in [2.05, 4.69) is 25.4 Å². The van der Waals surface area contributed by atoms with Crippen LogP contribution < -0.4 is 20.4 Å². The molecule has 3 atom stereocenters. The summed E-state index contributed by atoms with van der Waals surface area (Å²) >= 11 is 0. The summed E-state index contributed by atoms with van der Waals surface area (Å²) in [6.07, 6.45) is -3.56. The minimum atomic E-state index is -4.88. The van der Waals surface area contributed by atoms with E-state index in [1.807, 2.05) is 25.8 Å². The molecule has 13 heteroatoms. The van der Waals surface area contributed by atoms with Gasteiger partial charge in [0.25, 0.3) is 5.91 Å². The minimum Gasteiger partial charge on any atom is -0.378 e. The van der Waals surface area contributed by atoms with Crippen LogP contribution in [0.1, 0.15) is 13.8 Å². The second-order valence-corrected chi connectivity index (χ2v) is 10.8. The Morgan fingerprint density at radius 1 is 1.12 bits per heavy atom. The molecule has 3 N–H and O–H groups in total. The minimum absolute atomic E-state index is 0.100. The van der Waals surface area contributed by atoms with Gasteiger partial charge < -0.3 is 30.3 Å². The molecule has 42 heavy (non-hydrogen) atoms. The molecule has 0 radical (unpaired) electrons. The van der Waals surface area contributed by atoms with Gasteiger partial charge in [-0.05, 0) is 51.2 Å². The Morgan fingerprint density at radius 2 is 1.81 bits per heavy atom. The molecule has 2 saturated heterocycles. The van der Waals surface area contributed by atoms with Gasteiger partial charge in [-0.25, -0.2) is 9.37 Å². The van der Waals surface area contributed by atoms with Crippen LogP contribution in [0.5, 0.6) is 0 Å². The zero-order valence-corrected chi connectivity index (χ0v) is 23.6. The lowest BCUT2D eigenvalue weighted by molar-refractivity contribution is -0.115. The predicted octanol–water partition coefficient (Wildman–Crippen LogP) is 3.49. The first kappa shape index (κ1) is 29.8. The van der Waals surface area contributed by atoms with Gasteiger partial charge in [-0.1, -0.05) is 0 Å². The molecule has 4 heterocycles. The van der Waals surface area contributed by atoms with Crippen molar-refractivity contribution in [3.8, 4) is 11.1 Å². The van der Waals surface area contributed by atoms with Crippen LogP contribution in [0.25, 0.3) is 11.1 Å². The van der Waals surface area contributed by atoms with E-state index in [0.717, 1.165) is 12.0 Å². The normalized spacial score (nSPS) is 23.7. The summed E-state index contributed by atoms with van der Waals surface area (Å²) in [4.78, 5) is 24.0. The summed E-state index contributed by atoms with van der Waals surface area (Å²) in [7, 11) is 1.99. The number of nitrogens with one attached hydrogen (secondary N) is 2. The highest BCUT2D eigenvalue weighted by atomic mass is 19.4. The average molecular weight is 591 g/mol. The van der Waals surface area contributed by atoms with Crippen LogP contribution in [0, 0.1) is 5.82 Å². The number of likely N-dealkylation sites (N-methyl/N-ethyl adjacent to an activating group) is 1. The lowest BCUT2D eigenvalue weighted by atomic mass is 10.0. The summed E-state index contributed by atoms with van der Waals surface area (Å²) in [5.41, 5.74) is -0.851. The fourth-order valence-corrected chi connectivity index (χ4v) is 5.44. The van der Waals surface area contributed by atoms with Crippen molar-refractivity contribution in [3.05, 3.63) is 59.7 Å². The van der Waals surface area contributed by atoms with Crippen molar-refractivity contribution in [2.24, 2.45) is 0 Å². The molecule has 1 unspecified atom stereocenters. The Bertz CT molecular complexity index is 1360. The Hall–Kier alpha value is -3.68. The smallest absolute Gasteiger partial charge is 0.378 e. The number of benzene rings is 1. The van der Waals surface area contributed by atoms with Crippen molar-refractivity contribution < 1.29 is 32.2 Å². The molecule has 1 aromatic carbocycles. The molecular weight excluding hydrogens is 556 g/mol. The quantitative estimate of drug-likeness (QED) is 0.456. The molecular formula is C29H34F4N6O3. The number of pyridine rings is 1. The Kier molecular flexibility index (Phi) is 8.44. The summed E-state index contributed by atoms with van der Waals surface area (Å²) in [5, 5.41) is 14.6. The van der Waals surface area contributed by atoms with E-state index in [4.69, 9.17) is 4.74 Å². The first-order valence-electron chi connectivity index (χ1n) is 13.8. The summed E-state index contributed by atoms with van der Waals surface area (Å²) in [6, 6.07) is 6.45. The molecule has 3 aliphatic rings. The number of ether oxygens (including phenoxy) is 1. The monoisotopic (exact) mass is 590 g/mol. The molecule has 9 nitrogen and oxygen atoms in total. The van der Waals surface area contributed by atoms with Gasteiger partial charge in [-0.2, -0.15) is 13.2 Å². The van der Waals surface area contributed by atoms with Crippen LogP contribution in [-0.4, -0.2) is 91.8 Å². The maximum absolute atomic E-state index is 15.7. The molecule has 2 aromatic rings. The van der Waals surface area contributed by atoms with Crippen molar-refractivity contribution in [1.29, 1.82) is 0 Å². The Labute approximate surface area is 241 Å². The number of hydrogen-bond donors (Lipinski definition) is 3. The van der Waals surface area contributed by atoms with Gasteiger partial charge in [-0.3, -0.25) is 9.69 Å². The van der Waals surface area contributed by atoms with Crippen molar-refractivity contribution in [2.75, 3.05) is 61.6 Å². The number of carbonyl (C=O) groups is 1. The molecule has 1 amide bonds. The van der Waals surface area contributed by atoms with Gasteiger partial charge in [0, 0.05) is 61.8 Å². The largest absolute Gasteiger partial charge is 0.417 e. The maximum Gasteiger partial charge on any atom is 0.417 e. The number of aliphatic hydroxyl groups excluding tert-OH is 1. The summed E-state index contributed by atoms with van der Waals surface area (Å²) < 4.78 is 62.4. The Morgan fingerprint density at radius 3 is 2.43 bits per heavy atom. The SMILES string of the molecule is C[C@@H]1CN(c2cc(F)c(-c3ccc(N4CCOCC4)nc3)cc2NC(=O)C2=CNC(O)C=C2C(F)(F)F)C[C@H](C)N1C. The lowest BCUT2D eigenvalue weighted by Crippen LogP contribution is -2.55. The van der Waals surface area contributed by atoms with Gasteiger partial charge in [0.05, 0.1) is 35.7 Å². The van der Waals surface area contributed by atoms with Crippen LogP contribution >= 0.6 is 0 Å². The highest BCUT2D eigenvalue weighted by Crippen LogP contribution is 2.38. The number of alkyl halides is 3. The standard InChI is InChI=1S/C29H34F4N6O3/c1-17-15-39(16-18(2)37(17)3)25-12-23(30)20(19-4-5-26(34-13-19)38-6-8-42-9-7-38)10-24(25)36-28(41)21-14-35-27(40)11-22(21)29(31,32)33/h4-5,10-14,17-18,27,35,40H,6-9,15-16H2,1-3H3,(H,36,41)/t17-,18+,27?. The van der Waals surface area contributed by atoms with Crippen molar-refractivity contribution in [3.63, 3.8) is 0 Å². The van der Waals surface area contributed by atoms with Crippen LogP contribution in [0.4, 0.5) is 34.8 Å². The molecule has 0 bridgehead atoms. The van der Waals surface area contributed by atoms with E-state index >= 15 is 4.39 Å². The summed E-state index contributed by atoms with van der Waals surface area (Å²) in [5.74, 6) is -0.882. The number of aliphatic hydroxyl groups is 1. The molecule has 1 aromatic heterocycles. The topological polar surface area (TPSA) is 93.2 Å². The predicted molar refractivity (Wildman–Crippen MR) is 152 cm³/mol. The lowest BCUT2D eigenvalue weighted by Gasteiger charge is -2.44. The van der Waals surface area contributed by atoms with E-state index < -0.39 is 35.3 Å². The first-order valence-corrected chi connectivity index (χ1v) is 13.8. The van der Waals surface area contributed by atoms with Crippen molar-refractivity contribution in [1.82, 2.24) is 15.2 Å². The average Bonchev–Trinajstić information content (AvgIpc) is 2.96. The number of morpholine rings is 1. The third kappa shape index (κ3) is 6.22. The van der Waals surface area contributed by atoms with Gasteiger partial charge in [0.1, 0.15) is 17.9 Å². The number of rotatable bonds is 5. The van der Waals surface area contributed by atoms with Crippen molar-refractivity contribution >= 4 is 23.1 Å². The zero-order chi connectivity index (χ0) is 30.2. The fourth-order valence-electron chi connectivity index (χ4n) is 5.44. The molecule has 0 saturated carbocycles. The second kappa shape index (κ2) is 11.9. The third-order valence-corrected chi connectivity index (χ3v) is 7.99. The van der Waals surface area contributed by atoms with Gasteiger partial charge in [0.15, 0.2) is 0 Å². The maximum atomic E-state index is 15.7. The van der Waals surface area contributed by atoms with E-state index in [1.54, 1.807) is 12.1 Å². The highest BCUT2D eigenvalue weighted by molar-refractivity contribution is 6.09. The van der Waals surface area contributed by atoms with Gasteiger partial charge in [-0.15, -0.1) is 0 Å². The molecule has 2 fully saturated rings. The third-order valence-electron chi connectivity index (χ3n) is 7.99. The van der Waals surface area contributed by atoms with Crippen molar-refractivity contribution in [2.45, 2.75) is 38.3 Å². The van der Waals surface area contributed by atoms with Crippen LogP contribution in [0.15, 0.2) is 53.9 Å². The number of anilines is 3. The van der Waals surface area contributed by atoms with E-state index in [9.17, 15) is 23.1 Å². The van der Waals surface area contributed by atoms with Crippen LogP contribution in [0.2, 0.25) is 0 Å². The van der Waals surface area contributed by atoms with E-state index in [0.29, 0.717) is 56.7 Å². The number of nitrogens with zero attached hydrogens (tertiary/aromatic N) is 4. The van der Waals surface area contributed by atoms with E-state index in [-0.39, 0.29) is 23.3 Å². The molecule has 5 rings (SSSR count). The van der Waals surface area contributed by atoms with Gasteiger partial charge in [0.2, 0.25) is 0 Å². The highest BCUT2D eigenvalue weighted by Gasteiger charge is 2.40. The van der Waals surface area contributed by atoms with E-state index in [1.165, 1.54) is 18.3 Å². The first-order chi connectivity index (χ1) is 19.9. The number of carbonyl (C=O) groups excluding carboxylic acids is 1.